The number of benzene rings is 1. The van der Waals surface area contributed by atoms with E-state index in [4.69, 9.17) is 4.74 Å². The molecular formula is C14H19NO3. The summed E-state index contributed by atoms with van der Waals surface area (Å²) in [5, 5.41) is 3.32. The second kappa shape index (κ2) is 6.52. The zero-order valence-electron chi connectivity index (χ0n) is 10.6. The normalized spacial score (nSPS) is 19.5. The lowest BCUT2D eigenvalue weighted by Crippen LogP contribution is -2.35. The van der Waals surface area contributed by atoms with E-state index in [1.54, 1.807) is 12.1 Å². The van der Waals surface area contributed by atoms with E-state index in [1.807, 2.05) is 12.1 Å². The lowest BCUT2D eigenvalue weighted by Gasteiger charge is -2.23. The lowest BCUT2D eigenvalue weighted by atomic mass is 10.1. The van der Waals surface area contributed by atoms with Crippen LogP contribution in [0.25, 0.3) is 0 Å². The Balaban J connectivity index is 1.84. The fourth-order valence-corrected chi connectivity index (χ4v) is 2.03. The lowest BCUT2D eigenvalue weighted by molar-refractivity contribution is 0.0252. The van der Waals surface area contributed by atoms with Gasteiger partial charge in [0.05, 0.1) is 25.4 Å². The summed E-state index contributed by atoms with van der Waals surface area (Å²) in [5.74, 6) is -0.307. The third kappa shape index (κ3) is 3.55. The molecule has 0 unspecified atom stereocenters. The quantitative estimate of drug-likeness (QED) is 0.826. The van der Waals surface area contributed by atoms with Gasteiger partial charge in [-0.15, -0.1) is 0 Å². The maximum absolute atomic E-state index is 11.3. The monoisotopic (exact) mass is 249 g/mol. The number of esters is 1. The van der Waals surface area contributed by atoms with Crippen LogP contribution >= 0.6 is 0 Å². The number of carbonyl (C=O) groups is 1. The van der Waals surface area contributed by atoms with E-state index in [-0.39, 0.29) is 5.97 Å². The highest BCUT2D eigenvalue weighted by atomic mass is 16.5. The smallest absolute Gasteiger partial charge is 0.337 e. The van der Waals surface area contributed by atoms with Crippen LogP contribution in [0.5, 0.6) is 0 Å². The van der Waals surface area contributed by atoms with Gasteiger partial charge < -0.3 is 14.8 Å². The largest absolute Gasteiger partial charge is 0.465 e. The first-order valence-corrected chi connectivity index (χ1v) is 6.29. The van der Waals surface area contributed by atoms with Crippen molar-refractivity contribution in [1.82, 2.24) is 5.32 Å². The van der Waals surface area contributed by atoms with E-state index in [9.17, 15) is 4.79 Å². The Bertz CT molecular complexity index is 383. The molecule has 1 aliphatic heterocycles. The molecule has 1 saturated heterocycles. The van der Waals surface area contributed by atoms with E-state index in [1.165, 1.54) is 13.5 Å². The van der Waals surface area contributed by atoms with Crippen LogP contribution in [-0.4, -0.2) is 32.3 Å². The molecule has 2 rings (SSSR count). The van der Waals surface area contributed by atoms with Crippen molar-refractivity contribution in [1.29, 1.82) is 0 Å². The molecule has 4 heteroatoms. The maximum atomic E-state index is 11.3. The van der Waals surface area contributed by atoms with E-state index < -0.39 is 0 Å². The minimum atomic E-state index is -0.307. The van der Waals surface area contributed by atoms with Crippen molar-refractivity contribution in [3.05, 3.63) is 35.4 Å². The summed E-state index contributed by atoms with van der Waals surface area (Å²) >= 11 is 0. The first-order valence-electron chi connectivity index (χ1n) is 6.29. The van der Waals surface area contributed by atoms with Crippen LogP contribution in [-0.2, 0) is 16.1 Å². The summed E-state index contributed by atoms with van der Waals surface area (Å²) in [6.07, 6.45) is 2.60. The Kier molecular flexibility index (Phi) is 4.73. The number of methoxy groups -OCH3 is 1. The van der Waals surface area contributed by atoms with Crippen LogP contribution in [0.4, 0.5) is 0 Å². The SMILES string of the molecule is COC(=O)c1ccc(CO[C@@H]2CCCNC2)cc1. The molecule has 0 saturated carbocycles. The van der Waals surface area contributed by atoms with Crippen LogP contribution in [0, 0.1) is 0 Å². The van der Waals surface area contributed by atoms with Gasteiger partial charge in [-0.2, -0.15) is 0 Å². The zero-order chi connectivity index (χ0) is 12.8. The van der Waals surface area contributed by atoms with Gasteiger partial charge in [0.2, 0.25) is 0 Å². The van der Waals surface area contributed by atoms with Crippen molar-refractivity contribution in [3.63, 3.8) is 0 Å². The zero-order valence-corrected chi connectivity index (χ0v) is 10.6. The van der Waals surface area contributed by atoms with E-state index in [2.05, 4.69) is 10.1 Å². The van der Waals surface area contributed by atoms with Crippen LogP contribution in [0.1, 0.15) is 28.8 Å². The van der Waals surface area contributed by atoms with Gasteiger partial charge in [0.15, 0.2) is 0 Å². The van der Waals surface area contributed by atoms with Gasteiger partial charge in [0, 0.05) is 6.54 Å². The molecule has 0 aromatic heterocycles. The molecule has 1 aliphatic rings. The molecule has 0 aliphatic carbocycles. The number of rotatable bonds is 4. The summed E-state index contributed by atoms with van der Waals surface area (Å²) < 4.78 is 10.5. The van der Waals surface area contributed by atoms with Crippen molar-refractivity contribution >= 4 is 5.97 Å². The average Bonchev–Trinajstić information content (AvgIpc) is 2.46. The van der Waals surface area contributed by atoms with E-state index >= 15 is 0 Å². The predicted molar refractivity (Wildman–Crippen MR) is 68.5 cm³/mol. The topological polar surface area (TPSA) is 47.6 Å². The van der Waals surface area contributed by atoms with Crippen molar-refractivity contribution in [2.45, 2.75) is 25.6 Å². The van der Waals surface area contributed by atoms with Crippen molar-refractivity contribution in [2.24, 2.45) is 0 Å². The van der Waals surface area contributed by atoms with Gasteiger partial charge in [-0.3, -0.25) is 0 Å². The van der Waals surface area contributed by atoms with E-state index in [0.717, 1.165) is 25.1 Å². The number of ether oxygens (including phenoxy) is 2. The molecule has 4 nitrogen and oxygen atoms in total. The molecule has 1 atom stereocenters. The highest BCUT2D eigenvalue weighted by molar-refractivity contribution is 5.89. The van der Waals surface area contributed by atoms with Crippen LogP contribution in [0.3, 0.4) is 0 Å². The van der Waals surface area contributed by atoms with Gasteiger partial charge in [0.1, 0.15) is 0 Å². The molecule has 1 fully saturated rings. The highest BCUT2D eigenvalue weighted by Gasteiger charge is 2.13. The minimum Gasteiger partial charge on any atom is -0.465 e. The van der Waals surface area contributed by atoms with Gasteiger partial charge in [0.25, 0.3) is 0 Å². The van der Waals surface area contributed by atoms with Crippen LogP contribution in [0.2, 0.25) is 0 Å². The second-order valence-corrected chi connectivity index (χ2v) is 4.47. The summed E-state index contributed by atoms with van der Waals surface area (Å²) in [6, 6.07) is 7.35. The Morgan fingerprint density at radius 1 is 1.39 bits per heavy atom. The Hall–Kier alpha value is -1.39. The van der Waals surface area contributed by atoms with Gasteiger partial charge >= 0.3 is 5.97 Å². The van der Waals surface area contributed by atoms with Gasteiger partial charge in [-0.05, 0) is 37.1 Å². The number of carbonyl (C=O) groups excluding carboxylic acids is 1. The Labute approximate surface area is 107 Å². The molecule has 1 heterocycles. The van der Waals surface area contributed by atoms with Crippen molar-refractivity contribution in [3.8, 4) is 0 Å². The van der Waals surface area contributed by atoms with Gasteiger partial charge in [-0.1, -0.05) is 12.1 Å². The Morgan fingerprint density at radius 3 is 2.78 bits per heavy atom. The summed E-state index contributed by atoms with van der Waals surface area (Å²) in [5.41, 5.74) is 1.65. The summed E-state index contributed by atoms with van der Waals surface area (Å²) in [4.78, 5) is 11.3. The maximum Gasteiger partial charge on any atom is 0.337 e. The fourth-order valence-electron chi connectivity index (χ4n) is 2.03. The summed E-state index contributed by atoms with van der Waals surface area (Å²) in [6.45, 7) is 2.61. The Morgan fingerprint density at radius 2 is 2.17 bits per heavy atom. The number of nitrogens with one attached hydrogen (secondary N) is 1. The first kappa shape index (κ1) is 13.1. The molecule has 0 radical (unpaired) electrons. The van der Waals surface area contributed by atoms with Crippen molar-refractivity contribution in [2.75, 3.05) is 20.2 Å². The number of piperidine rings is 1. The van der Waals surface area contributed by atoms with Crippen LogP contribution in [0.15, 0.2) is 24.3 Å². The first-order chi connectivity index (χ1) is 8.79. The average molecular weight is 249 g/mol. The molecule has 18 heavy (non-hydrogen) atoms. The molecule has 98 valence electrons. The minimum absolute atomic E-state index is 0.305. The molecule has 1 aromatic carbocycles. The summed E-state index contributed by atoms with van der Waals surface area (Å²) in [7, 11) is 1.38. The molecule has 1 N–H and O–H groups in total. The number of hydrogen-bond donors (Lipinski definition) is 1. The number of hydrogen-bond acceptors (Lipinski definition) is 4. The molecule has 1 aromatic rings. The molecule has 0 amide bonds. The molecule has 0 bridgehead atoms. The van der Waals surface area contributed by atoms with E-state index in [0.29, 0.717) is 18.3 Å². The fraction of sp³-hybridized carbons (Fsp3) is 0.500. The third-order valence-corrected chi connectivity index (χ3v) is 3.11. The second-order valence-electron chi connectivity index (χ2n) is 4.47. The molecular weight excluding hydrogens is 230 g/mol. The van der Waals surface area contributed by atoms with Crippen molar-refractivity contribution < 1.29 is 14.3 Å². The van der Waals surface area contributed by atoms with Gasteiger partial charge in [-0.25, -0.2) is 4.79 Å². The molecule has 0 spiro atoms. The highest BCUT2D eigenvalue weighted by Crippen LogP contribution is 2.11. The standard InChI is InChI=1S/C14H19NO3/c1-17-14(16)12-6-4-11(5-7-12)10-18-13-3-2-8-15-9-13/h4-7,13,15H,2-3,8-10H2,1H3/t13-/m1/s1. The predicted octanol–water partition coefficient (Wildman–Crippen LogP) is 1.74. The van der Waals surface area contributed by atoms with Crippen LogP contribution < -0.4 is 5.32 Å². The third-order valence-electron chi connectivity index (χ3n) is 3.11.